The van der Waals surface area contributed by atoms with Gasteiger partial charge in [-0.2, -0.15) is 5.10 Å². The number of ether oxygens (including phenoxy) is 1. The molecule has 0 atom stereocenters. The first kappa shape index (κ1) is 22.9. The first-order valence-corrected chi connectivity index (χ1v) is 11.2. The number of aliphatic hydroxyl groups is 1. The largest absolute Gasteiger partial charge is 0.497 e. The van der Waals surface area contributed by atoms with Crippen LogP contribution in [0, 0.1) is 0 Å². The predicted molar refractivity (Wildman–Crippen MR) is 113 cm³/mol. The summed E-state index contributed by atoms with van der Waals surface area (Å²) in [5.74, 6) is 0.304. The molecule has 0 radical (unpaired) electrons. The van der Waals surface area contributed by atoms with Crippen molar-refractivity contribution in [2.45, 2.75) is 12.8 Å². The van der Waals surface area contributed by atoms with Gasteiger partial charge in [-0.15, -0.1) is 0 Å². The number of sulfonamides is 1. The van der Waals surface area contributed by atoms with Crippen LogP contribution in [-0.4, -0.2) is 49.3 Å². The van der Waals surface area contributed by atoms with Crippen LogP contribution >= 0.6 is 0 Å². The van der Waals surface area contributed by atoms with Gasteiger partial charge in [0.2, 0.25) is 10.0 Å². The molecule has 3 rings (SSSR count). The molecule has 0 spiro atoms. The van der Waals surface area contributed by atoms with Gasteiger partial charge in [0.15, 0.2) is 0 Å². The molecule has 166 valence electrons. The molecule has 0 fully saturated rings. The van der Waals surface area contributed by atoms with Crippen LogP contribution in [0.4, 0.5) is 8.78 Å². The van der Waals surface area contributed by atoms with Crippen molar-refractivity contribution in [3.05, 3.63) is 65.9 Å². The lowest BCUT2D eigenvalue weighted by atomic mass is 10.1. The fraction of sp³-hybridized carbons (Fsp3) is 0.286. The van der Waals surface area contributed by atoms with Gasteiger partial charge in [-0.05, 0) is 42.3 Å². The molecular weight excluding hydrogens is 428 g/mol. The number of aliphatic hydroxyl groups excluding tert-OH is 1. The third-order valence-corrected chi connectivity index (χ3v) is 5.98. The number of halogens is 2. The molecule has 0 aliphatic heterocycles. The Kier molecular flexibility index (Phi) is 7.37. The molecule has 2 aromatic carbocycles. The fourth-order valence-electron chi connectivity index (χ4n) is 3.02. The number of hydrogen-bond donors (Lipinski definition) is 2. The van der Waals surface area contributed by atoms with Crippen molar-refractivity contribution in [1.29, 1.82) is 0 Å². The number of hydrogen-bond acceptors (Lipinski definition) is 5. The quantitative estimate of drug-likeness (QED) is 0.494. The van der Waals surface area contributed by atoms with E-state index < -0.39 is 23.1 Å². The summed E-state index contributed by atoms with van der Waals surface area (Å²) in [6.45, 7) is -0.243. The molecular formula is C21H23F2N3O4S. The van der Waals surface area contributed by atoms with Gasteiger partial charge in [0.05, 0.1) is 30.9 Å². The number of nitrogens with zero attached hydrogens (tertiary/aromatic N) is 2. The molecule has 0 bridgehead atoms. The Hall–Kier alpha value is -2.82. The van der Waals surface area contributed by atoms with Crippen LogP contribution in [0.3, 0.4) is 0 Å². The van der Waals surface area contributed by atoms with E-state index in [2.05, 4.69) is 9.82 Å². The highest BCUT2D eigenvalue weighted by molar-refractivity contribution is 7.89. The van der Waals surface area contributed by atoms with Gasteiger partial charge in [0.25, 0.3) is 6.43 Å². The second kappa shape index (κ2) is 9.99. The smallest absolute Gasteiger partial charge is 0.282 e. The van der Waals surface area contributed by atoms with Crippen molar-refractivity contribution < 1.29 is 27.0 Å². The number of nitrogens with one attached hydrogen (secondary N) is 1. The maximum Gasteiger partial charge on any atom is 0.282 e. The molecule has 1 aromatic heterocycles. The Morgan fingerprint density at radius 1 is 1.13 bits per heavy atom. The summed E-state index contributed by atoms with van der Waals surface area (Å²) in [5.41, 5.74) is 2.37. The zero-order valence-electron chi connectivity index (χ0n) is 16.8. The van der Waals surface area contributed by atoms with Crippen molar-refractivity contribution >= 4 is 10.0 Å². The van der Waals surface area contributed by atoms with Gasteiger partial charge in [-0.25, -0.2) is 26.6 Å². The van der Waals surface area contributed by atoms with Crippen LogP contribution in [0.5, 0.6) is 5.75 Å². The van der Waals surface area contributed by atoms with Crippen LogP contribution in [-0.2, 0) is 16.4 Å². The molecule has 0 saturated heterocycles. The third-order valence-electron chi connectivity index (χ3n) is 4.61. The van der Waals surface area contributed by atoms with Crippen molar-refractivity contribution in [3.8, 4) is 22.7 Å². The highest BCUT2D eigenvalue weighted by Gasteiger charge is 2.18. The zero-order valence-corrected chi connectivity index (χ0v) is 17.6. The first-order chi connectivity index (χ1) is 14.8. The van der Waals surface area contributed by atoms with Gasteiger partial charge < -0.3 is 9.84 Å². The monoisotopic (exact) mass is 451 g/mol. The van der Waals surface area contributed by atoms with Crippen molar-refractivity contribution in [2.75, 3.05) is 26.0 Å². The van der Waals surface area contributed by atoms with Gasteiger partial charge in [0, 0.05) is 12.1 Å². The summed E-state index contributed by atoms with van der Waals surface area (Å²) in [5, 5.41) is 12.8. The van der Waals surface area contributed by atoms with Gasteiger partial charge in [-0.1, -0.05) is 24.3 Å². The van der Waals surface area contributed by atoms with E-state index in [9.17, 15) is 17.2 Å². The lowest BCUT2D eigenvalue weighted by Gasteiger charge is -2.10. The number of aromatic nitrogens is 2. The van der Waals surface area contributed by atoms with E-state index in [1.165, 1.54) is 10.7 Å². The average molecular weight is 451 g/mol. The Morgan fingerprint density at radius 3 is 2.39 bits per heavy atom. The standard InChI is InChI=1S/C21H23F2N3O4S/c1-30-18-8-6-17(7-9-18)26-20(14-19(25-26)21(22)23)16-4-2-15(3-5-16)10-11-24-31(28,29)13-12-27/h2-9,14,21,24,27H,10-13H2,1H3. The Morgan fingerprint density at radius 2 is 1.81 bits per heavy atom. The van der Waals surface area contributed by atoms with Crippen molar-refractivity contribution in [2.24, 2.45) is 0 Å². The number of methoxy groups -OCH3 is 1. The van der Waals surface area contributed by atoms with E-state index in [0.29, 0.717) is 29.1 Å². The lowest BCUT2D eigenvalue weighted by molar-refractivity contribution is 0.145. The number of alkyl halides is 2. The van der Waals surface area contributed by atoms with E-state index in [1.54, 1.807) is 43.5 Å². The minimum absolute atomic E-state index is 0.195. The highest BCUT2D eigenvalue weighted by Crippen LogP contribution is 2.29. The molecule has 3 aromatic rings. The topological polar surface area (TPSA) is 93.5 Å². The van der Waals surface area contributed by atoms with Crippen LogP contribution < -0.4 is 9.46 Å². The normalized spacial score (nSPS) is 11.8. The van der Waals surface area contributed by atoms with E-state index >= 15 is 0 Å². The average Bonchev–Trinajstić information content (AvgIpc) is 3.20. The molecule has 0 aliphatic rings. The first-order valence-electron chi connectivity index (χ1n) is 9.53. The van der Waals surface area contributed by atoms with E-state index in [0.717, 1.165) is 5.56 Å². The molecule has 7 nitrogen and oxygen atoms in total. The molecule has 2 N–H and O–H groups in total. The maximum absolute atomic E-state index is 13.3. The van der Waals surface area contributed by atoms with Gasteiger partial charge in [0.1, 0.15) is 11.4 Å². The molecule has 0 aliphatic carbocycles. The predicted octanol–water partition coefficient (Wildman–Crippen LogP) is 2.94. The van der Waals surface area contributed by atoms with Crippen molar-refractivity contribution in [3.63, 3.8) is 0 Å². The summed E-state index contributed by atoms with van der Waals surface area (Å²) in [6.07, 6.45) is -2.25. The minimum Gasteiger partial charge on any atom is -0.497 e. The highest BCUT2D eigenvalue weighted by atomic mass is 32.2. The maximum atomic E-state index is 13.3. The number of rotatable bonds is 10. The van der Waals surface area contributed by atoms with Crippen LogP contribution in [0.25, 0.3) is 16.9 Å². The summed E-state index contributed by atoms with van der Waals surface area (Å²) in [7, 11) is -1.95. The number of benzene rings is 2. The summed E-state index contributed by atoms with van der Waals surface area (Å²) in [6, 6.07) is 15.5. The third kappa shape index (κ3) is 5.87. The molecule has 31 heavy (non-hydrogen) atoms. The molecule has 10 heteroatoms. The summed E-state index contributed by atoms with van der Waals surface area (Å²) < 4.78 is 58.8. The second-order valence-electron chi connectivity index (χ2n) is 6.75. The van der Waals surface area contributed by atoms with Crippen LogP contribution in [0.2, 0.25) is 0 Å². The Labute approximate surface area is 179 Å². The summed E-state index contributed by atoms with van der Waals surface area (Å²) >= 11 is 0. The van der Waals surface area contributed by atoms with E-state index in [-0.39, 0.29) is 18.0 Å². The fourth-order valence-corrected chi connectivity index (χ4v) is 3.82. The molecule has 1 heterocycles. The zero-order chi connectivity index (χ0) is 22.4. The lowest BCUT2D eigenvalue weighted by Crippen LogP contribution is -2.29. The van der Waals surface area contributed by atoms with Gasteiger partial charge in [-0.3, -0.25) is 0 Å². The summed E-state index contributed by atoms with van der Waals surface area (Å²) in [4.78, 5) is 0. The van der Waals surface area contributed by atoms with Crippen molar-refractivity contribution in [1.82, 2.24) is 14.5 Å². The van der Waals surface area contributed by atoms with E-state index in [4.69, 9.17) is 9.84 Å². The second-order valence-corrected chi connectivity index (χ2v) is 8.68. The minimum atomic E-state index is -3.49. The Bertz CT molecular complexity index is 1100. The van der Waals surface area contributed by atoms with Gasteiger partial charge >= 0.3 is 0 Å². The Balaban J connectivity index is 1.81. The molecule has 0 amide bonds. The van der Waals surface area contributed by atoms with E-state index in [1.807, 2.05) is 12.1 Å². The molecule has 0 saturated carbocycles. The van der Waals surface area contributed by atoms with Crippen LogP contribution in [0.15, 0.2) is 54.6 Å². The SMILES string of the molecule is COc1ccc(-n2nc(C(F)F)cc2-c2ccc(CCNS(=O)(=O)CCO)cc2)cc1. The molecule has 0 unspecified atom stereocenters. The van der Waals surface area contributed by atoms with Crippen LogP contribution in [0.1, 0.15) is 17.7 Å².